The molecule has 1 aromatic heterocycles. The predicted molar refractivity (Wildman–Crippen MR) is 220 cm³/mol. The molecule has 4 heterocycles. The lowest BCUT2D eigenvalue weighted by atomic mass is 10.1. The Bertz CT molecular complexity index is 2520. The smallest absolute Gasteiger partial charge is 0.269 e. The summed E-state index contributed by atoms with van der Waals surface area (Å²) in [6, 6.07) is 13.7. The fourth-order valence-corrected chi connectivity index (χ4v) is 9.73. The molecule has 18 heteroatoms. The molecule has 6 bridgehead atoms. The third-order valence-electron chi connectivity index (χ3n) is 11.8. The van der Waals surface area contributed by atoms with Gasteiger partial charge in [0, 0.05) is 42.8 Å². The normalized spacial score (nSPS) is 26.6. The van der Waals surface area contributed by atoms with Crippen LogP contribution in [0.5, 0.6) is 17.2 Å². The second-order valence-corrected chi connectivity index (χ2v) is 17.6. The Morgan fingerprint density at radius 2 is 1.90 bits per heavy atom. The highest BCUT2D eigenvalue weighted by Crippen LogP contribution is 2.49. The highest BCUT2D eigenvalue weighted by Gasteiger charge is 2.64. The fraction of sp³-hybridized carbons (Fsp3) is 0.381. The summed E-state index contributed by atoms with van der Waals surface area (Å²) in [5.41, 5.74) is 6.33. The van der Waals surface area contributed by atoms with Gasteiger partial charge in [-0.1, -0.05) is 54.9 Å². The van der Waals surface area contributed by atoms with Crippen LogP contribution < -0.4 is 30.1 Å². The average Bonchev–Trinajstić information content (AvgIpc) is 4.17. The number of likely N-dealkylation sites (N-methyl/N-ethyl adjacent to an activating group) is 1. The largest absolute Gasteiger partial charge is 0.492 e. The van der Waals surface area contributed by atoms with Crippen molar-refractivity contribution in [2.24, 2.45) is 16.6 Å². The van der Waals surface area contributed by atoms with Crippen LogP contribution >= 0.6 is 0 Å². The summed E-state index contributed by atoms with van der Waals surface area (Å²) in [4.78, 5) is 73.9. The van der Waals surface area contributed by atoms with Crippen molar-refractivity contribution in [3.05, 3.63) is 85.4 Å². The second kappa shape index (κ2) is 15.2. The van der Waals surface area contributed by atoms with E-state index in [0.717, 1.165) is 11.6 Å². The summed E-state index contributed by atoms with van der Waals surface area (Å²) in [6.07, 6.45) is 3.69. The minimum absolute atomic E-state index is 0.0148. The van der Waals surface area contributed by atoms with E-state index in [1.54, 1.807) is 17.1 Å². The number of hydrogen-bond donors (Lipinski definition) is 3. The third kappa shape index (κ3) is 6.87. The number of nitrogens with two attached hydrogens (primary N) is 1. The van der Waals surface area contributed by atoms with Crippen molar-refractivity contribution in [1.82, 2.24) is 24.9 Å². The van der Waals surface area contributed by atoms with E-state index in [1.165, 1.54) is 25.1 Å². The van der Waals surface area contributed by atoms with E-state index in [0.29, 0.717) is 47.3 Å². The molecule has 1 spiro atoms. The van der Waals surface area contributed by atoms with Gasteiger partial charge >= 0.3 is 0 Å². The minimum atomic E-state index is -3.96. The van der Waals surface area contributed by atoms with Crippen molar-refractivity contribution >= 4 is 50.3 Å². The number of ether oxygens (including phenoxy) is 2. The first-order valence-electron chi connectivity index (χ1n) is 19.8. The molecule has 3 aromatic rings. The van der Waals surface area contributed by atoms with Crippen molar-refractivity contribution in [2.45, 2.75) is 68.4 Å². The zero-order valence-corrected chi connectivity index (χ0v) is 34.4. The third-order valence-corrected chi connectivity index (χ3v) is 13.6. The van der Waals surface area contributed by atoms with Gasteiger partial charge < -0.3 is 20.5 Å². The van der Waals surface area contributed by atoms with Crippen LogP contribution in [0.4, 0.5) is 0 Å². The molecule has 3 fully saturated rings. The molecule has 2 aliphatic carbocycles. The number of primary amides is 1. The number of aliphatic imine (C=N–C) groups is 1. The number of allylic oxidation sites excluding steroid dienone is 1. The fourth-order valence-electron chi connectivity index (χ4n) is 8.37. The van der Waals surface area contributed by atoms with Gasteiger partial charge in [0.25, 0.3) is 23.5 Å². The molecular weight excluding hydrogens is 793 g/mol. The summed E-state index contributed by atoms with van der Waals surface area (Å²) in [5, 5.41) is 4.53. The van der Waals surface area contributed by atoms with Gasteiger partial charge in [0.05, 0.1) is 24.6 Å². The van der Waals surface area contributed by atoms with Crippen molar-refractivity contribution < 1.29 is 46.7 Å². The Labute approximate surface area is 347 Å². The summed E-state index contributed by atoms with van der Waals surface area (Å²) in [5.74, 6) is -2.58. The number of nitrogens with zero attached hydrogens (tertiary/aromatic N) is 5. The molecular formula is C42H47N8O9S+. The Kier molecular flexibility index (Phi) is 10.3. The molecule has 6 atom stereocenters. The van der Waals surface area contributed by atoms with E-state index >= 15 is 4.79 Å². The van der Waals surface area contributed by atoms with Crippen LogP contribution in [0.25, 0.3) is 22.2 Å². The van der Waals surface area contributed by atoms with Crippen LogP contribution in [-0.2, 0) is 29.2 Å². The first kappa shape index (κ1) is 40.7. The topological polar surface area (TPSA) is 212 Å². The van der Waals surface area contributed by atoms with E-state index in [4.69, 9.17) is 25.0 Å². The van der Waals surface area contributed by atoms with Gasteiger partial charge in [0.1, 0.15) is 29.0 Å². The molecule has 17 nitrogen and oxygen atoms in total. The van der Waals surface area contributed by atoms with Crippen molar-refractivity contribution in [2.75, 3.05) is 27.2 Å². The van der Waals surface area contributed by atoms with E-state index in [9.17, 15) is 22.8 Å². The molecule has 3 aliphatic heterocycles. The van der Waals surface area contributed by atoms with Crippen LogP contribution in [0.15, 0.2) is 90.4 Å². The predicted octanol–water partition coefficient (Wildman–Crippen LogP) is 2.99. The lowest BCUT2D eigenvalue weighted by Gasteiger charge is -2.45. The molecule has 1 unspecified atom stereocenters. The number of carbonyl (C=O) groups is 4. The van der Waals surface area contributed by atoms with Gasteiger partial charge in [0.2, 0.25) is 21.6 Å². The number of carbonyl (C=O) groups excluding carboxylic acids is 4. The first-order valence-corrected chi connectivity index (χ1v) is 21.3. The number of fused-ring (bicyclic) bond motifs is 3. The summed E-state index contributed by atoms with van der Waals surface area (Å²) < 4.78 is 40.2. The number of sulfonamides is 1. The van der Waals surface area contributed by atoms with Crippen molar-refractivity contribution in [3.8, 4) is 28.5 Å². The van der Waals surface area contributed by atoms with Gasteiger partial charge in [-0.25, -0.2) is 18.4 Å². The summed E-state index contributed by atoms with van der Waals surface area (Å²) in [6.45, 7) is 9.09. The van der Waals surface area contributed by atoms with Crippen LogP contribution in [0.2, 0.25) is 0 Å². The molecule has 0 radical (unpaired) electrons. The standard InChI is InChI=1S/C42H46N8O9S/c1-6-12-32-39(48(4)35(51)8-3)45-30(38(43)52)23-50(32)49-22-26(19-31(49)40(53)46-42(21-25(42)7-2)41(54)47-60(55,56)27-15-16-27)58-34-20-29(24-13-10-9-11-14-24)44-36-28(34)17-18-33(57-5)37(36)59-50/h7-11,13-14,17-18,20,25-27,31H,2-3,6,12,15-16,19,21-23H2,1,4-5H3,(H3-,43,46,47,52,53,54)/p+1/t25-,26-,31+,42-,50+/m1/s1. The molecule has 2 saturated carbocycles. The maximum atomic E-state index is 15.1. The molecule has 8 rings (SSSR count). The number of hydroxylamine groups is 2. The molecule has 4 amide bonds. The highest BCUT2D eigenvalue weighted by atomic mass is 32.2. The van der Waals surface area contributed by atoms with Gasteiger partial charge in [-0.05, 0) is 48.6 Å². The maximum absolute atomic E-state index is 15.1. The number of nitrogens with one attached hydrogen (secondary N) is 2. The van der Waals surface area contributed by atoms with Crippen LogP contribution in [0.3, 0.4) is 0 Å². The minimum Gasteiger partial charge on any atom is -0.492 e. The monoisotopic (exact) mass is 839 g/mol. The Morgan fingerprint density at radius 1 is 1.15 bits per heavy atom. The van der Waals surface area contributed by atoms with Gasteiger partial charge in [-0.2, -0.15) is 0 Å². The number of methoxy groups -OCH3 is 1. The van der Waals surface area contributed by atoms with Gasteiger partial charge in [-0.3, -0.25) is 33.6 Å². The molecule has 1 saturated heterocycles. The Morgan fingerprint density at radius 3 is 2.53 bits per heavy atom. The number of rotatable bonds is 13. The van der Waals surface area contributed by atoms with E-state index in [1.807, 2.05) is 43.3 Å². The number of quaternary nitrogens is 1. The zero-order valence-electron chi connectivity index (χ0n) is 33.5. The zero-order chi connectivity index (χ0) is 42.7. The van der Waals surface area contributed by atoms with E-state index in [-0.39, 0.29) is 55.4 Å². The SMILES string of the molecule is C=CC(=O)N(C)C1=C(CCC)[N@+]2(CC(C(N)=O)=N1)Oc1c(OC)ccc3c(cc(-c4ccccc4)nc13)O[C@@H]1C[C@@H](C(=O)N[C@]3(C(=O)NS(=O)(=O)C4CC4)C[C@H]3C=C)N2C1. The molecule has 314 valence electrons. The number of aromatic nitrogens is 1. The van der Waals surface area contributed by atoms with Crippen LogP contribution in [-0.4, -0.2) is 108 Å². The number of pyridine rings is 1. The number of hydrogen-bond acceptors (Lipinski definition) is 12. The number of amides is 4. The molecule has 4 N–H and O–H groups in total. The van der Waals surface area contributed by atoms with Crippen LogP contribution in [0, 0.1) is 5.92 Å². The van der Waals surface area contributed by atoms with Crippen LogP contribution in [0.1, 0.15) is 45.4 Å². The highest BCUT2D eigenvalue weighted by molar-refractivity contribution is 7.91. The first-order chi connectivity index (χ1) is 28.7. The van der Waals surface area contributed by atoms with Crippen molar-refractivity contribution in [3.63, 3.8) is 0 Å². The summed E-state index contributed by atoms with van der Waals surface area (Å²) >= 11 is 0. The molecule has 60 heavy (non-hydrogen) atoms. The average molecular weight is 840 g/mol. The van der Waals surface area contributed by atoms with E-state index < -0.39 is 67.3 Å². The maximum Gasteiger partial charge on any atom is 0.269 e. The Balaban J connectivity index is 1.35. The van der Waals surface area contributed by atoms with Crippen molar-refractivity contribution in [1.29, 1.82) is 0 Å². The second-order valence-electron chi connectivity index (χ2n) is 15.7. The molecule has 2 aromatic carbocycles. The summed E-state index contributed by atoms with van der Waals surface area (Å²) in [7, 11) is -0.997. The number of benzene rings is 2. The van der Waals surface area contributed by atoms with Gasteiger partial charge in [-0.15, -0.1) is 6.58 Å². The lowest BCUT2D eigenvalue weighted by Crippen LogP contribution is -2.69. The quantitative estimate of drug-likeness (QED) is 0.129. The van der Waals surface area contributed by atoms with E-state index in [2.05, 4.69) is 28.2 Å². The van der Waals surface area contributed by atoms with Gasteiger partial charge in [0.15, 0.2) is 23.8 Å². The molecule has 5 aliphatic rings. The Hall–Kier alpha value is -6.11. The lowest BCUT2D eigenvalue weighted by molar-refractivity contribution is -1.13.